The summed E-state index contributed by atoms with van der Waals surface area (Å²) < 4.78 is 0. The van der Waals surface area contributed by atoms with Crippen LogP contribution in [0.15, 0.2) is 6.07 Å². The highest BCUT2D eigenvalue weighted by molar-refractivity contribution is 5.56. The molecule has 1 aromatic rings. The zero-order chi connectivity index (χ0) is 19.9. The number of anilines is 3. The van der Waals surface area contributed by atoms with Crippen LogP contribution in [0.5, 0.6) is 0 Å². The van der Waals surface area contributed by atoms with Crippen LogP contribution in [0.2, 0.25) is 0 Å². The Bertz CT molecular complexity index is 587. The third-order valence-electron chi connectivity index (χ3n) is 6.59. The highest BCUT2D eigenvalue weighted by atomic mass is 16.2. The summed E-state index contributed by atoms with van der Waals surface area (Å²) in [5.41, 5.74) is 0. The second-order valence-corrected chi connectivity index (χ2v) is 8.74. The minimum absolute atomic E-state index is 0.330. The maximum Gasteiger partial charge on any atom is 0.229 e. The number of rotatable bonds is 9. The van der Waals surface area contributed by atoms with E-state index >= 15 is 0 Å². The molecule has 1 N–H and O–H groups in total. The predicted molar refractivity (Wildman–Crippen MR) is 119 cm³/mol. The van der Waals surface area contributed by atoms with Gasteiger partial charge in [0.15, 0.2) is 0 Å². The van der Waals surface area contributed by atoms with Crippen LogP contribution in [0.25, 0.3) is 0 Å². The Morgan fingerprint density at radius 2 is 1.21 bits per heavy atom. The molecule has 3 aliphatic rings. The largest absolute Gasteiger partial charge is 0.396 e. The summed E-state index contributed by atoms with van der Waals surface area (Å²) in [6.45, 7) is 10.3. The van der Waals surface area contributed by atoms with E-state index in [9.17, 15) is 0 Å². The number of aliphatic hydroxyl groups is 1. The SMILES string of the molecule is OCCCCCCN1CCN(c2cc(N3CCCC3)nc(N3CCCC3)n2)CC1. The van der Waals surface area contributed by atoms with Crippen molar-refractivity contribution in [3.05, 3.63) is 6.07 Å². The van der Waals surface area contributed by atoms with Gasteiger partial charge < -0.3 is 19.8 Å². The predicted octanol–water partition coefficient (Wildman–Crippen LogP) is 2.35. The number of hydrogen-bond donors (Lipinski definition) is 1. The maximum absolute atomic E-state index is 8.90. The second kappa shape index (κ2) is 10.4. The fraction of sp³-hybridized carbons (Fsp3) is 0.818. The first-order valence-corrected chi connectivity index (χ1v) is 11.8. The molecule has 0 unspecified atom stereocenters. The minimum atomic E-state index is 0.330. The van der Waals surface area contributed by atoms with E-state index in [1.54, 1.807) is 0 Å². The molecule has 0 amide bonds. The van der Waals surface area contributed by atoms with E-state index in [2.05, 4.69) is 25.7 Å². The van der Waals surface area contributed by atoms with Gasteiger partial charge in [0.05, 0.1) is 0 Å². The lowest BCUT2D eigenvalue weighted by Crippen LogP contribution is -2.47. The molecule has 4 rings (SSSR count). The summed E-state index contributed by atoms with van der Waals surface area (Å²) >= 11 is 0. The van der Waals surface area contributed by atoms with Crippen LogP contribution in [-0.2, 0) is 0 Å². The van der Waals surface area contributed by atoms with Gasteiger partial charge in [0.1, 0.15) is 11.6 Å². The molecule has 0 aromatic carbocycles. The molecule has 1 aromatic heterocycles. The average Bonchev–Trinajstić information content (AvgIpc) is 3.48. The van der Waals surface area contributed by atoms with Gasteiger partial charge in [-0.2, -0.15) is 9.97 Å². The highest BCUT2D eigenvalue weighted by Gasteiger charge is 2.24. The first-order valence-electron chi connectivity index (χ1n) is 11.8. The van der Waals surface area contributed by atoms with E-state index in [1.165, 1.54) is 45.1 Å². The van der Waals surface area contributed by atoms with E-state index in [0.29, 0.717) is 6.61 Å². The van der Waals surface area contributed by atoms with Gasteiger partial charge in [-0.25, -0.2) is 0 Å². The molecule has 7 nitrogen and oxygen atoms in total. The van der Waals surface area contributed by atoms with Crippen LogP contribution in [0.1, 0.15) is 51.4 Å². The summed E-state index contributed by atoms with van der Waals surface area (Å²) in [4.78, 5) is 19.8. The third kappa shape index (κ3) is 5.51. The summed E-state index contributed by atoms with van der Waals surface area (Å²) in [7, 11) is 0. The molecule has 0 saturated carbocycles. The van der Waals surface area contributed by atoms with Gasteiger partial charge in [0, 0.05) is 65.0 Å². The maximum atomic E-state index is 8.90. The van der Waals surface area contributed by atoms with Crippen molar-refractivity contribution in [1.29, 1.82) is 0 Å². The number of piperazine rings is 1. The molecule has 162 valence electrons. The molecule has 0 spiro atoms. The molecule has 7 heteroatoms. The summed E-state index contributed by atoms with van der Waals surface area (Å²) in [6.07, 6.45) is 9.62. The number of aliphatic hydroxyl groups excluding tert-OH is 1. The Balaban J connectivity index is 1.37. The van der Waals surface area contributed by atoms with Crippen molar-refractivity contribution in [2.45, 2.75) is 51.4 Å². The summed E-state index contributed by atoms with van der Waals surface area (Å²) in [5.74, 6) is 3.18. The molecule has 3 saturated heterocycles. The smallest absolute Gasteiger partial charge is 0.229 e. The van der Waals surface area contributed by atoms with E-state index in [4.69, 9.17) is 15.1 Å². The Morgan fingerprint density at radius 3 is 1.83 bits per heavy atom. The highest BCUT2D eigenvalue weighted by Crippen LogP contribution is 2.27. The van der Waals surface area contributed by atoms with Crippen molar-refractivity contribution in [2.24, 2.45) is 0 Å². The topological polar surface area (TPSA) is 59.0 Å². The van der Waals surface area contributed by atoms with Crippen LogP contribution in [0.3, 0.4) is 0 Å². The number of nitrogens with zero attached hydrogens (tertiary/aromatic N) is 6. The normalized spacial score (nSPS) is 20.8. The molecule has 0 aliphatic carbocycles. The lowest BCUT2D eigenvalue weighted by Gasteiger charge is -2.36. The monoisotopic (exact) mass is 402 g/mol. The number of hydrogen-bond acceptors (Lipinski definition) is 7. The molecular formula is C22H38N6O. The third-order valence-corrected chi connectivity index (χ3v) is 6.59. The quantitative estimate of drug-likeness (QED) is 0.636. The molecule has 4 heterocycles. The first-order chi connectivity index (χ1) is 14.3. The van der Waals surface area contributed by atoms with Crippen molar-refractivity contribution >= 4 is 17.6 Å². The Hall–Kier alpha value is -1.60. The zero-order valence-corrected chi connectivity index (χ0v) is 17.9. The van der Waals surface area contributed by atoms with Crippen LogP contribution >= 0.6 is 0 Å². The van der Waals surface area contributed by atoms with E-state index < -0.39 is 0 Å². The Morgan fingerprint density at radius 1 is 0.655 bits per heavy atom. The molecule has 0 atom stereocenters. The Labute approximate surface area is 175 Å². The van der Waals surface area contributed by atoms with Gasteiger partial charge in [0.25, 0.3) is 0 Å². The van der Waals surface area contributed by atoms with Crippen molar-refractivity contribution in [1.82, 2.24) is 14.9 Å². The fourth-order valence-corrected chi connectivity index (χ4v) is 4.74. The zero-order valence-electron chi connectivity index (χ0n) is 17.9. The van der Waals surface area contributed by atoms with Crippen molar-refractivity contribution in [3.63, 3.8) is 0 Å². The van der Waals surface area contributed by atoms with E-state index in [-0.39, 0.29) is 0 Å². The Kier molecular flexibility index (Phi) is 7.44. The van der Waals surface area contributed by atoms with Gasteiger partial charge in [-0.05, 0) is 45.1 Å². The standard InChI is InChI=1S/C22H38N6O/c29-18-8-2-1-3-9-25-14-16-27(17-15-25)21-19-20(26-10-4-5-11-26)23-22(24-21)28-12-6-7-13-28/h19,29H,1-18H2. The molecule has 3 aliphatic heterocycles. The van der Waals surface area contributed by atoms with Gasteiger partial charge in [0.2, 0.25) is 5.95 Å². The van der Waals surface area contributed by atoms with Crippen LogP contribution < -0.4 is 14.7 Å². The molecule has 0 bridgehead atoms. The van der Waals surface area contributed by atoms with Gasteiger partial charge >= 0.3 is 0 Å². The molecule has 29 heavy (non-hydrogen) atoms. The number of unbranched alkanes of at least 4 members (excludes halogenated alkanes) is 3. The van der Waals surface area contributed by atoms with Gasteiger partial charge in [-0.15, -0.1) is 0 Å². The summed E-state index contributed by atoms with van der Waals surface area (Å²) in [6, 6.07) is 2.23. The summed E-state index contributed by atoms with van der Waals surface area (Å²) in [5, 5.41) is 8.90. The lowest BCUT2D eigenvalue weighted by atomic mass is 10.2. The van der Waals surface area contributed by atoms with Crippen LogP contribution in [0.4, 0.5) is 17.6 Å². The second-order valence-electron chi connectivity index (χ2n) is 8.74. The minimum Gasteiger partial charge on any atom is -0.396 e. The lowest BCUT2D eigenvalue weighted by molar-refractivity contribution is 0.247. The van der Waals surface area contributed by atoms with Crippen molar-refractivity contribution in [2.75, 3.05) is 80.2 Å². The number of aromatic nitrogens is 2. The fourth-order valence-electron chi connectivity index (χ4n) is 4.74. The average molecular weight is 403 g/mol. The van der Waals surface area contributed by atoms with Crippen LogP contribution in [-0.4, -0.2) is 85.5 Å². The molecular weight excluding hydrogens is 364 g/mol. The van der Waals surface area contributed by atoms with E-state index in [0.717, 1.165) is 82.8 Å². The van der Waals surface area contributed by atoms with Crippen molar-refractivity contribution in [3.8, 4) is 0 Å². The molecule has 3 fully saturated rings. The van der Waals surface area contributed by atoms with E-state index in [1.807, 2.05) is 0 Å². The van der Waals surface area contributed by atoms with Crippen LogP contribution in [0, 0.1) is 0 Å². The molecule has 0 radical (unpaired) electrons. The van der Waals surface area contributed by atoms with Gasteiger partial charge in [-0.3, -0.25) is 4.90 Å². The first kappa shape index (κ1) is 20.7. The van der Waals surface area contributed by atoms with Gasteiger partial charge in [-0.1, -0.05) is 12.8 Å². The van der Waals surface area contributed by atoms with Crippen molar-refractivity contribution < 1.29 is 5.11 Å².